The highest BCUT2D eigenvalue weighted by atomic mass is 19.2. The fourth-order valence-corrected chi connectivity index (χ4v) is 4.87. The number of quaternary nitrogens is 1. The number of benzene rings is 4. The number of hydrogen-bond acceptors (Lipinski definition) is 0. The molecule has 0 aromatic heterocycles. The van der Waals surface area contributed by atoms with Gasteiger partial charge in [-0.15, -0.1) is 21.9 Å². The SMILES string of the molecule is Fc1c(F)c(F)c([B-](c2c(F)c(F)c(F)c(F)c2F)(c2c(F)c(F)c(F)c(F)c2F)c2c(F)c(F)c(F)c(F)c2F)c(F)c1F.[NH4+]. The van der Waals surface area contributed by atoms with Crippen LogP contribution in [0.25, 0.3) is 0 Å². The zero-order valence-electron chi connectivity index (χ0n) is 21.1. The van der Waals surface area contributed by atoms with Gasteiger partial charge in [-0.05, 0) is 0 Å². The maximum atomic E-state index is 15.4. The van der Waals surface area contributed by atoms with Crippen LogP contribution in [0.15, 0.2) is 0 Å². The summed E-state index contributed by atoms with van der Waals surface area (Å²) in [5, 5.41) is 0. The van der Waals surface area contributed by atoms with Crippen LogP contribution in [-0.2, 0) is 0 Å². The van der Waals surface area contributed by atoms with E-state index in [2.05, 4.69) is 0 Å². The number of halogens is 20. The minimum atomic E-state index is -7.22. The Labute approximate surface area is 239 Å². The van der Waals surface area contributed by atoms with Crippen LogP contribution in [-0.4, -0.2) is 6.15 Å². The summed E-state index contributed by atoms with van der Waals surface area (Å²) in [5.41, 5.74) is -14.3. The molecule has 248 valence electrons. The molecule has 0 fully saturated rings. The molecule has 0 aliphatic carbocycles. The molecule has 0 spiro atoms. The topological polar surface area (TPSA) is 36.5 Å². The van der Waals surface area contributed by atoms with Crippen molar-refractivity contribution in [3.05, 3.63) is 116 Å². The van der Waals surface area contributed by atoms with Gasteiger partial charge >= 0.3 is 0 Å². The summed E-state index contributed by atoms with van der Waals surface area (Å²) in [6.45, 7) is 0. The van der Waals surface area contributed by atoms with E-state index in [1.54, 1.807) is 0 Å². The monoisotopic (exact) mass is 697 g/mol. The lowest BCUT2D eigenvalue weighted by molar-refractivity contribution is 0.378. The Bertz CT molecular complexity index is 1580. The third kappa shape index (κ3) is 4.39. The van der Waals surface area contributed by atoms with Crippen LogP contribution in [0.3, 0.4) is 0 Å². The lowest BCUT2D eigenvalue weighted by atomic mass is 9.12. The Morgan fingerprint density at radius 1 is 0.174 bits per heavy atom. The van der Waals surface area contributed by atoms with Crippen LogP contribution in [0.2, 0.25) is 0 Å². The molecule has 4 N–H and O–H groups in total. The highest BCUT2D eigenvalue weighted by Gasteiger charge is 2.52. The van der Waals surface area contributed by atoms with Gasteiger partial charge in [0.05, 0.1) is 0 Å². The van der Waals surface area contributed by atoms with Crippen molar-refractivity contribution in [2.24, 2.45) is 0 Å². The van der Waals surface area contributed by atoms with Crippen LogP contribution in [0.4, 0.5) is 87.8 Å². The maximum absolute atomic E-state index is 15.4. The molecular formula is C24H4BF20N. The zero-order chi connectivity index (χ0) is 34.4. The largest absolute Gasteiger partial charge is 0.369 e. The summed E-state index contributed by atoms with van der Waals surface area (Å²) in [7, 11) is 0. The van der Waals surface area contributed by atoms with Crippen LogP contribution in [0, 0.1) is 116 Å². The molecule has 0 radical (unpaired) electrons. The lowest BCUT2D eigenvalue weighted by Crippen LogP contribution is -2.81. The molecule has 1 nitrogen and oxygen atoms in total. The second-order valence-corrected chi connectivity index (χ2v) is 8.80. The van der Waals surface area contributed by atoms with E-state index in [0.717, 1.165) is 0 Å². The van der Waals surface area contributed by atoms with Gasteiger partial charge in [0.1, 0.15) is 52.7 Å². The first-order valence-corrected chi connectivity index (χ1v) is 10.9. The fourth-order valence-electron chi connectivity index (χ4n) is 4.87. The lowest BCUT2D eigenvalue weighted by Gasteiger charge is -2.44. The molecule has 46 heavy (non-hydrogen) atoms. The maximum Gasteiger partial charge on any atom is 0.200 e. The highest BCUT2D eigenvalue weighted by molar-refractivity contribution is 7.20. The van der Waals surface area contributed by atoms with Gasteiger partial charge in [0.2, 0.25) is 0 Å². The Morgan fingerprint density at radius 2 is 0.261 bits per heavy atom. The molecule has 22 heteroatoms. The molecule has 4 aromatic rings. The molecule has 0 aliphatic rings. The molecule has 0 saturated carbocycles. The molecule has 4 aromatic carbocycles. The second kappa shape index (κ2) is 11.7. The van der Waals surface area contributed by atoms with Crippen molar-refractivity contribution in [2.75, 3.05) is 0 Å². The van der Waals surface area contributed by atoms with E-state index in [1.807, 2.05) is 0 Å². The predicted octanol–water partition coefficient (Wildman–Crippen LogP) is 6.22. The van der Waals surface area contributed by atoms with E-state index in [1.165, 1.54) is 0 Å². The normalized spacial score (nSPS) is 11.7. The Hall–Kier alpha value is -4.50. The van der Waals surface area contributed by atoms with Gasteiger partial charge < -0.3 is 6.15 Å². The van der Waals surface area contributed by atoms with E-state index in [0.29, 0.717) is 0 Å². The van der Waals surface area contributed by atoms with Crippen LogP contribution < -0.4 is 28.0 Å². The molecule has 0 amide bonds. The third-order valence-electron chi connectivity index (χ3n) is 6.71. The molecule has 0 saturated heterocycles. The Balaban J connectivity index is 0.00000576. The quantitative estimate of drug-likeness (QED) is 0.114. The summed E-state index contributed by atoms with van der Waals surface area (Å²) in [5.74, 6) is -71.4. The van der Waals surface area contributed by atoms with Gasteiger partial charge in [-0.1, -0.05) is 0 Å². The Kier molecular flexibility index (Phi) is 9.15. The van der Waals surface area contributed by atoms with Crippen molar-refractivity contribution in [3.63, 3.8) is 0 Å². The molecule has 0 aliphatic heterocycles. The second-order valence-electron chi connectivity index (χ2n) is 8.80. The molecular weight excluding hydrogens is 693 g/mol. The van der Waals surface area contributed by atoms with Gasteiger partial charge in [0.25, 0.3) is 0 Å². The van der Waals surface area contributed by atoms with Gasteiger partial charge in [-0.3, -0.25) is 0 Å². The summed E-state index contributed by atoms with van der Waals surface area (Å²) in [6, 6.07) is 0. The number of hydrogen-bond donors (Lipinski definition) is 1. The van der Waals surface area contributed by atoms with Crippen LogP contribution >= 0.6 is 0 Å². The number of rotatable bonds is 4. The average molecular weight is 697 g/mol. The first-order chi connectivity index (χ1) is 20.7. The summed E-state index contributed by atoms with van der Waals surface area (Å²) in [4.78, 5) is 0. The van der Waals surface area contributed by atoms with Crippen molar-refractivity contribution in [1.29, 1.82) is 0 Å². The van der Waals surface area contributed by atoms with Gasteiger partial charge in [-0.25, -0.2) is 87.8 Å². The smallest absolute Gasteiger partial charge is 0.200 e. The van der Waals surface area contributed by atoms with E-state index < -0.39 is 144 Å². The van der Waals surface area contributed by atoms with Crippen molar-refractivity contribution in [2.45, 2.75) is 0 Å². The molecule has 0 heterocycles. The summed E-state index contributed by atoms with van der Waals surface area (Å²) in [6.07, 6.45) is -7.22. The van der Waals surface area contributed by atoms with Crippen molar-refractivity contribution >= 4 is 28.0 Å². The zero-order valence-corrected chi connectivity index (χ0v) is 21.1. The van der Waals surface area contributed by atoms with E-state index in [-0.39, 0.29) is 6.15 Å². The van der Waals surface area contributed by atoms with E-state index >= 15 is 35.1 Å². The minimum Gasteiger partial charge on any atom is -0.369 e. The van der Waals surface area contributed by atoms with Crippen molar-refractivity contribution in [3.8, 4) is 0 Å². The first kappa shape index (κ1) is 36.0. The molecule has 0 atom stereocenters. The van der Waals surface area contributed by atoms with Crippen LogP contribution in [0.5, 0.6) is 0 Å². The standard InChI is InChI=1S/C24BF20.H3N/c26-5-1(6(27)14(35)21(42)13(5)34)25(2-7(28)15(36)22(43)16(37)8(2)29,3-9(30)17(38)23(44)18(39)10(3)31)4-11(32)19(40)24(45)20(41)12(4)33;/h;1H3/q-1;/p+1. The molecule has 0 unspecified atom stereocenters. The average Bonchev–Trinajstić information content (AvgIpc) is 3.00. The fraction of sp³-hybridized carbons (Fsp3) is 0. The third-order valence-corrected chi connectivity index (χ3v) is 6.71. The van der Waals surface area contributed by atoms with Gasteiger partial charge in [-0.2, -0.15) is 0 Å². The summed E-state index contributed by atoms with van der Waals surface area (Å²) >= 11 is 0. The van der Waals surface area contributed by atoms with Gasteiger partial charge in [0.15, 0.2) is 69.8 Å². The van der Waals surface area contributed by atoms with Crippen molar-refractivity contribution in [1.82, 2.24) is 6.15 Å². The van der Waals surface area contributed by atoms with Crippen molar-refractivity contribution < 1.29 is 87.8 Å². The first-order valence-electron chi connectivity index (χ1n) is 10.9. The van der Waals surface area contributed by atoms with Crippen LogP contribution in [0.1, 0.15) is 0 Å². The summed E-state index contributed by atoms with van der Waals surface area (Å²) < 4.78 is 294. The highest BCUT2D eigenvalue weighted by Crippen LogP contribution is 2.30. The van der Waals surface area contributed by atoms with Gasteiger partial charge in [0, 0.05) is 0 Å². The minimum absolute atomic E-state index is 0. The van der Waals surface area contributed by atoms with E-state index in [9.17, 15) is 52.7 Å². The van der Waals surface area contributed by atoms with E-state index in [4.69, 9.17) is 0 Å². The Morgan fingerprint density at radius 3 is 0.370 bits per heavy atom. The predicted molar refractivity (Wildman–Crippen MR) is 115 cm³/mol. The molecule has 4 rings (SSSR count). The molecule has 0 bridgehead atoms.